The van der Waals surface area contributed by atoms with Gasteiger partial charge in [-0.15, -0.1) is 0 Å². The smallest absolute Gasteiger partial charge is 0.319 e. The molecule has 8 heteroatoms. The lowest BCUT2D eigenvalue weighted by atomic mass is 9.95. The number of urea groups is 1. The van der Waals surface area contributed by atoms with Crippen molar-refractivity contribution in [1.29, 1.82) is 0 Å². The van der Waals surface area contributed by atoms with E-state index in [-0.39, 0.29) is 6.03 Å². The second kappa shape index (κ2) is 10.4. The number of ether oxygens (including phenoxy) is 1. The predicted molar refractivity (Wildman–Crippen MR) is 117 cm³/mol. The summed E-state index contributed by atoms with van der Waals surface area (Å²) in [5.41, 5.74) is 0.635. The molecule has 1 heterocycles. The van der Waals surface area contributed by atoms with Crippen molar-refractivity contribution < 1.29 is 17.9 Å². The lowest BCUT2D eigenvalue weighted by molar-refractivity contribution is 0.245. The molecular weight excluding hydrogens is 402 g/mol. The van der Waals surface area contributed by atoms with Crippen LogP contribution in [0.1, 0.15) is 26.2 Å². The van der Waals surface area contributed by atoms with E-state index >= 15 is 0 Å². The van der Waals surface area contributed by atoms with Crippen LogP contribution in [0.3, 0.4) is 0 Å². The molecule has 3 rings (SSSR count). The highest BCUT2D eigenvalue weighted by atomic mass is 32.2. The molecule has 1 aliphatic rings. The fourth-order valence-electron chi connectivity index (χ4n) is 3.59. The average Bonchev–Trinajstić information content (AvgIpc) is 2.76. The maximum Gasteiger partial charge on any atom is 0.319 e. The van der Waals surface area contributed by atoms with Gasteiger partial charge in [-0.25, -0.2) is 13.2 Å². The number of hydrogen-bond acceptors (Lipinski definition) is 4. The Morgan fingerprint density at radius 2 is 1.73 bits per heavy atom. The maximum atomic E-state index is 12.7. The van der Waals surface area contributed by atoms with E-state index in [1.807, 2.05) is 31.2 Å². The van der Waals surface area contributed by atoms with Crippen LogP contribution >= 0.6 is 0 Å². The Labute approximate surface area is 178 Å². The minimum Gasteiger partial charge on any atom is -0.492 e. The van der Waals surface area contributed by atoms with E-state index in [4.69, 9.17) is 4.74 Å². The molecule has 2 aromatic carbocycles. The topological polar surface area (TPSA) is 87.7 Å². The molecule has 0 unspecified atom stereocenters. The second-order valence-corrected chi connectivity index (χ2v) is 9.20. The highest BCUT2D eigenvalue weighted by Crippen LogP contribution is 2.26. The summed E-state index contributed by atoms with van der Waals surface area (Å²) in [4.78, 5) is 12.5. The van der Waals surface area contributed by atoms with Crippen LogP contribution in [0.5, 0.6) is 5.75 Å². The highest BCUT2D eigenvalue weighted by Gasteiger charge is 2.29. The van der Waals surface area contributed by atoms with Gasteiger partial charge in [-0.3, -0.25) is 0 Å². The molecule has 0 radical (unpaired) electrons. The summed E-state index contributed by atoms with van der Waals surface area (Å²) in [7, 11) is -3.42. The molecule has 0 aromatic heterocycles. The van der Waals surface area contributed by atoms with Gasteiger partial charge in [0.2, 0.25) is 10.0 Å². The van der Waals surface area contributed by atoms with E-state index < -0.39 is 10.0 Å². The molecule has 0 saturated carbocycles. The van der Waals surface area contributed by atoms with Crippen molar-refractivity contribution in [1.82, 2.24) is 9.62 Å². The molecule has 0 atom stereocenters. The largest absolute Gasteiger partial charge is 0.492 e. The number of anilines is 1. The van der Waals surface area contributed by atoms with Crippen molar-refractivity contribution >= 4 is 21.7 Å². The van der Waals surface area contributed by atoms with Crippen LogP contribution in [-0.2, 0) is 10.0 Å². The van der Waals surface area contributed by atoms with Crippen molar-refractivity contribution in [3.05, 3.63) is 54.6 Å². The number of hydrogen-bond donors (Lipinski definition) is 2. The van der Waals surface area contributed by atoms with Crippen molar-refractivity contribution in [2.75, 3.05) is 31.6 Å². The summed E-state index contributed by atoms with van der Waals surface area (Å²) in [6.45, 7) is 3.98. The molecule has 2 amide bonds. The van der Waals surface area contributed by atoms with Gasteiger partial charge >= 0.3 is 6.03 Å². The Balaban J connectivity index is 1.42. The lowest BCUT2D eigenvalue weighted by Crippen LogP contribution is -2.39. The van der Waals surface area contributed by atoms with Crippen molar-refractivity contribution in [2.24, 2.45) is 5.92 Å². The summed E-state index contributed by atoms with van der Waals surface area (Å²) in [6.07, 6.45) is 2.41. The van der Waals surface area contributed by atoms with Crippen LogP contribution in [0, 0.1) is 5.92 Å². The first kappa shape index (κ1) is 22.1. The number of amides is 2. The average molecular weight is 432 g/mol. The number of carbonyl (C=O) groups is 1. The summed E-state index contributed by atoms with van der Waals surface area (Å²) < 4.78 is 32.5. The molecule has 0 spiro atoms. The Bertz CT molecular complexity index is 926. The van der Waals surface area contributed by atoms with Gasteiger partial charge in [-0.1, -0.05) is 30.3 Å². The third kappa shape index (κ3) is 5.73. The second-order valence-electron chi connectivity index (χ2n) is 7.26. The maximum absolute atomic E-state index is 12.7. The summed E-state index contributed by atoms with van der Waals surface area (Å²) in [5, 5.41) is 5.69. The molecule has 30 heavy (non-hydrogen) atoms. The molecular formula is C22H29N3O4S. The molecule has 1 aliphatic heterocycles. The van der Waals surface area contributed by atoms with Gasteiger partial charge in [0.1, 0.15) is 5.75 Å². The number of piperidine rings is 1. The van der Waals surface area contributed by atoms with E-state index in [1.165, 1.54) is 0 Å². The van der Waals surface area contributed by atoms with Gasteiger partial charge in [-0.05, 0) is 56.4 Å². The molecule has 0 bridgehead atoms. The molecule has 1 fully saturated rings. The third-order valence-electron chi connectivity index (χ3n) is 5.23. The molecule has 2 aromatic rings. The normalized spacial score (nSPS) is 15.5. The Hall–Kier alpha value is -2.58. The van der Waals surface area contributed by atoms with E-state index in [9.17, 15) is 13.2 Å². The van der Waals surface area contributed by atoms with E-state index in [2.05, 4.69) is 10.6 Å². The van der Waals surface area contributed by atoms with Gasteiger partial charge in [0.25, 0.3) is 0 Å². The fraction of sp³-hybridized carbons (Fsp3) is 0.409. The zero-order valence-electron chi connectivity index (χ0n) is 17.2. The fourth-order valence-corrected chi connectivity index (χ4v) is 5.08. The molecule has 1 saturated heterocycles. The number of nitrogens with one attached hydrogen (secondary N) is 2. The summed E-state index contributed by atoms with van der Waals surface area (Å²) >= 11 is 0. The number of carbonyl (C=O) groups excluding carboxylic acids is 1. The molecule has 162 valence electrons. The van der Waals surface area contributed by atoms with Gasteiger partial charge in [-0.2, -0.15) is 4.31 Å². The highest BCUT2D eigenvalue weighted by molar-refractivity contribution is 7.89. The van der Waals surface area contributed by atoms with Gasteiger partial charge in [0.15, 0.2) is 0 Å². The minimum absolute atomic E-state index is 0.272. The predicted octanol–water partition coefficient (Wildman–Crippen LogP) is 3.70. The SMILES string of the molecule is CCOc1ccccc1NC(=O)NCCC1CCN(S(=O)(=O)c2ccccc2)CC1. The van der Waals surface area contributed by atoms with Gasteiger partial charge < -0.3 is 15.4 Å². The van der Waals surface area contributed by atoms with Crippen LogP contribution in [0.15, 0.2) is 59.5 Å². The monoisotopic (exact) mass is 431 g/mol. The first-order chi connectivity index (χ1) is 14.5. The van der Waals surface area contributed by atoms with Gasteiger partial charge in [0, 0.05) is 19.6 Å². The van der Waals surface area contributed by atoms with Crippen molar-refractivity contribution in [3.63, 3.8) is 0 Å². The van der Waals surface area contributed by atoms with Crippen molar-refractivity contribution in [3.8, 4) is 5.75 Å². The van der Waals surface area contributed by atoms with Crippen LogP contribution in [0.4, 0.5) is 10.5 Å². The number of benzene rings is 2. The number of rotatable bonds is 8. The Kier molecular flexibility index (Phi) is 7.70. The number of nitrogens with zero attached hydrogens (tertiary/aromatic N) is 1. The van der Waals surface area contributed by atoms with Gasteiger partial charge in [0.05, 0.1) is 17.2 Å². The quantitative estimate of drug-likeness (QED) is 0.667. The third-order valence-corrected chi connectivity index (χ3v) is 7.14. The number of para-hydroxylation sites is 2. The summed E-state index contributed by atoms with van der Waals surface area (Å²) in [5.74, 6) is 1.03. The van der Waals surface area contributed by atoms with E-state index in [0.717, 1.165) is 19.3 Å². The molecule has 0 aliphatic carbocycles. The zero-order valence-corrected chi connectivity index (χ0v) is 18.0. The van der Waals surface area contributed by atoms with Crippen LogP contribution in [0.25, 0.3) is 0 Å². The number of sulfonamides is 1. The zero-order chi connectivity index (χ0) is 21.4. The Morgan fingerprint density at radius 3 is 2.43 bits per heavy atom. The van der Waals surface area contributed by atoms with E-state index in [1.54, 1.807) is 34.6 Å². The molecule has 2 N–H and O–H groups in total. The standard InChI is InChI=1S/C22H29N3O4S/c1-2-29-21-11-7-6-10-20(21)24-22(26)23-15-12-18-13-16-25(17-14-18)30(27,28)19-8-4-3-5-9-19/h3-11,18H,2,12-17H2,1H3,(H2,23,24,26). The van der Waals surface area contributed by atoms with Crippen LogP contribution in [0.2, 0.25) is 0 Å². The Morgan fingerprint density at radius 1 is 1.07 bits per heavy atom. The molecule has 7 nitrogen and oxygen atoms in total. The minimum atomic E-state index is -3.42. The first-order valence-electron chi connectivity index (χ1n) is 10.3. The van der Waals surface area contributed by atoms with Crippen molar-refractivity contribution in [2.45, 2.75) is 31.1 Å². The summed E-state index contributed by atoms with van der Waals surface area (Å²) in [6, 6.07) is 15.6. The van der Waals surface area contributed by atoms with E-state index in [0.29, 0.717) is 48.5 Å². The van der Waals surface area contributed by atoms with Crippen LogP contribution in [-0.4, -0.2) is 45.0 Å². The van der Waals surface area contributed by atoms with Crippen LogP contribution < -0.4 is 15.4 Å². The lowest BCUT2D eigenvalue weighted by Gasteiger charge is -2.31. The first-order valence-corrected chi connectivity index (χ1v) is 11.8.